The highest BCUT2D eigenvalue weighted by Gasteiger charge is 2.21. The first-order chi connectivity index (χ1) is 8.18. The quantitative estimate of drug-likeness (QED) is 0.871. The lowest BCUT2D eigenvalue weighted by Crippen LogP contribution is -2.40. The predicted molar refractivity (Wildman–Crippen MR) is 80.8 cm³/mol. The van der Waals surface area contributed by atoms with Crippen LogP contribution in [0.1, 0.15) is 39.7 Å². The predicted octanol–water partition coefficient (Wildman–Crippen LogP) is 3.52. The smallest absolute Gasteiger partial charge is 0.0672 e. The Morgan fingerprint density at radius 2 is 1.89 bits per heavy atom. The minimum Gasteiger partial charge on any atom is -0.390 e. The van der Waals surface area contributed by atoms with Crippen molar-refractivity contribution in [1.29, 1.82) is 0 Å². The SMILES string of the molecule is CC(O)(CCNC(C)(C)C)Cc1cccc(Br)c1. The zero-order chi connectivity index (χ0) is 13.8. The fourth-order valence-corrected chi connectivity index (χ4v) is 2.33. The molecule has 0 saturated carbocycles. The van der Waals surface area contributed by atoms with Gasteiger partial charge in [0.05, 0.1) is 5.60 Å². The van der Waals surface area contributed by atoms with Crippen LogP contribution in [-0.2, 0) is 6.42 Å². The minimum atomic E-state index is -0.668. The summed E-state index contributed by atoms with van der Waals surface area (Å²) in [4.78, 5) is 0. The summed E-state index contributed by atoms with van der Waals surface area (Å²) in [6, 6.07) is 8.12. The molecule has 1 aromatic carbocycles. The zero-order valence-corrected chi connectivity index (χ0v) is 13.3. The lowest BCUT2D eigenvalue weighted by atomic mass is 9.93. The fraction of sp³-hybridized carbons (Fsp3) is 0.600. The second-order valence-corrected chi connectivity index (χ2v) is 7.15. The molecule has 0 amide bonds. The maximum atomic E-state index is 10.4. The van der Waals surface area contributed by atoms with E-state index in [-0.39, 0.29) is 5.54 Å². The molecule has 0 aliphatic carbocycles. The standard InChI is InChI=1S/C15H24BrNO/c1-14(2,3)17-9-8-15(4,18)11-12-6-5-7-13(16)10-12/h5-7,10,17-18H,8-9,11H2,1-4H3. The number of hydrogen-bond donors (Lipinski definition) is 2. The monoisotopic (exact) mass is 313 g/mol. The van der Waals surface area contributed by atoms with Crippen molar-refractivity contribution in [3.8, 4) is 0 Å². The van der Waals surface area contributed by atoms with E-state index < -0.39 is 5.60 Å². The number of hydrogen-bond acceptors (Lipinski definition) is 2. The molecule has 0 radical (unpaired) electrons. The normalized spacial score (nSPS) is 15.4. The zero-order valence-electron chi connectivity index (χ0n) is 11.8. The van der Waals surface area contributed by atoms with E-state index in [2.05, 4.69) is 54.2 Å². The largest absolute Gasteiger partial charge is 0.390 e. The Balaban J connectivity index is 2.49. The summed E-state index contributed by atoms with van der Waals surface area (Å²) >= 11 is 3.45. The van der Waals surface area contributed by atoms with E-state index in [4.69, 9.17) is 0 Å². The van der Waals surface area contributed by atoms with Crippen LogP contribution in [-0.4, -0.2) is 22.8 Å². The van der Waals surface area contributed by atoms with Gasteiger partial charge < -0.3 is 10.4 Å². The van der Waals surface area contributed by atoms with E-state index in [1.165, 1.54) is 0 Å². The third-order valence-electron chi connectivity index (χ3n) is 2.79. The van der Waals surface area contributed by atoms with Crippen molar-refractivity contribution in [3.05, 3.63) is 34.3 Å². The van der Waals surface area contributed by atoms with E-state index in [0.29, 0.717) is 6.42 Å². The number of halogens is 1. The lowest BCUT2D eigenvalue weighted by molar-refractivity contribution is 0.0499. The molecule has 18 heavy (non-hydrogen) atoms. The van der Waals surface area contributed by atoms with Gasteiger partial charge in [-0.2, -0.15) is 0 Å². The van der Waals surface area contributed by atoms with Gasteiger partial charge >= 0.3 is 0 Å². The van der Waals surface area contributed by atoms with Crippen molar-refractivity contribution in [2.75, 3.05) is 6.54 Å². The second kappa shape index (κ2) is 6.18. The van der Waals surface area contributed by atoms with Gasteiger partial charge in [0, 0.05) is 16.4 Å². The molecule has 0 fully saturated rings. The van der Waals surface area contributed by atoms with Gasteiger partial charge in [0.25, 0.3) is 0 Å². The topological polar surface area (TPSA) is 32.3 Å². The van der Waals surface area contributed by atoms with Crippen LogP contribution >= 0.6 is 15.9 Å². The van der Waals surface area contributed by atoms with E-state index in [1.807, 2.05) is 19.1 Å². The van der Waals surface area contributed by atoms with Gasteiger partial charge in [0.15, 0.2) is 0 Å². The molecule has 3 heteroatoms. The highest BCUT2D eigenvalue weighted by atomic mass is 79.9. The fourth-order valence-electron chi connectivity index (χ4n) is 1.88. The summed E-state index contributed by atoms with van der Waals surface area (Å²) in [5.74, 6) is 0. The summed E-state index contributed by atoms with van der Waals surface area (Å²) in [7, 11) is 0. The van der Waals surface area contributed by atoms with Crippen molar-refractivity contribution in [2.24, 2.45) is 0 Å². The van der Waals surface area contributed by atoms with E-state index in [1.54, 1.807) is 0 Å². The molecular weight excluding hydrogens is 290 g/mol. The molecule has 0 aliphatic heterocycles. The van der Waals surface area contributed by atoms with Crippen molar-refractivity contribution in [3.63, 3.8) is 0 Å². The first-order valence-electron chi connectivity index (χ1n) is 6.40. The van der Waals surface area contributed by atoms with Crippen LogP contribution in [0.15, 0.2) is 28.7 Å². The number of aliphatic hydroxyl groups is 1. The van der Waals surface area contributed by atoms with Gasteiger partial charge in [-0.05, 0) is 58.4 Å². The molecule has 0 aromatic heterocycles. The van der Waals surface area contributed by atoms with Crippen molar-refractivity contribution >= 4 is 15.9 Å². The van der Waals surface area contributed by atoms with Gasteiger partial charge in [-0.3, -0.25) is 0 Å². The van der Waals surface area contributed by atoms with Crippen molar-refractivity contribution in [2.45, 2.75) is 51.7 Å². The van der Waals surface area contributed by atoms with E-state index in [0.717, 1.165) is 23.0 Å². The first-order valence-corrected chi connectivity index (χ1v) is 7.19. The summed E-state index contributed by atoms with van der Waals surface area (Å²) in [6.45, 7) is 9.13. The van der Waals surface area contributed by atoms with Crippen LogP contribution in [0.25, 0.3) is 0 Å². The molecule has 2 nitrogen and oxygen atoms in total. The Morgan fingerprint density at radius 1 is 1.22 bits per heavy atom. The molecule has 1 aromatic rings. The molecule has 0 heterocycles. The number of benzene rings is 1. The molecule has 1 unspecified atom stereocenters. The lowest BCUT2D eigenvalue weighted by Gasteiger charge is -2.27. The summed E-state index contributed by atoms with van der Waals surface area (Å²) in [5, 5.41) is 13.8. The molecule has 102 valence electrons. The number of rotatable bonds is 5. The Kier molecular flexibility index (Phi) is 5.38. The van der Waals surface area contributed by atoms with Crippen LogP contribution in [0.3, 0.4) is 0 Å². The van der Waals surface area contributed by atoms with E-state index >= 15 is 0 Å². The Hall–Kier alpha value is -0.380. The van der Waals surface area contributed by atoms with Crippen LogP contribution in [0.4, 0.5) is 0 Å². The third kappa shape index (κ3) is 6.53. The highest BCUT2D eigenvalue weighted by Crippen LogP contribution is 2.19. The molecule has 0 saturated heterocycles. The number of nitrogens with one attached hydrogen (secondary N) is 1. The van der Waals surface area contributed by atoms with Crippen molar-refractivity contribution in [1.82, 2.24) is 5.32 Å². The third-order valence-corrected chi connectivity index (χ3v) is 3.29. The molecule has 2 N–H and O–H groups in total. The van der Waals surface area contributed by atoms with Gasteiger partial charge in [0.2, 0.25) is 0 Å². The summed E-state index contributed by atoms with van der Waals surface area (Å²) in [6.07, 6.45) is 1.43. The molecule has 1 rings (SSSR count). The Bertz CT molecular complexity index is 382. The minimum absolute atomic E-state index is 0.103. The summed E-state index contributed by atoms with van der Waals surface area (Å²) in [5.41, 5.74) is 0.593. The van der Waals surface area contributed by atoms with Crippen molar-refractivity contribution < 1.29 is 5.11 Å². The average molecular weight is 314 g/mol. The van der Waals surface area contributed by atoms with Crippen LogP contribution in [0.2, 0.25) is 0 Å². The van der Waals surface area contributed by atoms with Crippen LogP contribution in [0.5, 0.6) is 0 Å². The molecule has 0 bridgehead atoms. The Labute approximate surface area is 119 Å². The first kappa shape index (κ1) is 15.7. The molecule has 0 spiro atoms. The van der Waals surface area contributed by atoms with Gasteiger partial charge in [0.1, 0.15) is 0 Å². The molecule has 1 atom stereocenters. The highest BCUT2D eigenvalue weighted by molar-refractivity contribution is 9.10. The molecular formula is C15H24BrNO. The van der Waals surface area contributed by atoms with Gasteiger partial charge in [-0.15, -0.1) is 0 Å². The maximum Gasteiger partial charge on any atom is 0.0672 e. The van der Waals surface area contributed by atoms with Gasteiger partial charge in [-0.1, -0.05) is 28.1 Å². The van der Waals surface area contributed by atoms with Gasteiger partial charge in [-0.25, -0.2) is 0 Å². The van der Waals surface area contributed by atoms with Crippen LogP contribution in [0, 0.1) is 0 Å². The molecule has 0 aliphatic rings. The maximum absolute atomic E-state index is 10.4. The van der Waals surface area contributed by atoms with E-state index in [9.17, 15) is 5.11 Å². The summed E-state index contributed by atoms with van der Waals surface area (Å²) < 4.78 is 1.06. The van der Waals surface area contributed by atoms with Crippen LogP contribution < -0.4 is 5.32 Å². The second-order valence-electron chi connectivity index (χ2n) is 6.23. The Morgan fingerprint density at radius 3 is 2.44 bits per heavy atom. The average Bonchev–Trinajstić information content (AvgIpc) is 2.13.